The number of halogens is 2. The smallest absolute Gasteiger partial charge is 1.00 e. The third-order valence-corrected chi connectivity index (χ3v) is 12.5. The summed E-state index contributed by atoms with van der Waals surface area (Å²) in [5, 5.41) is 0. The molecule has 31 heavy (non-hydrogen) atoms. The van der Waals surface area contributed by atoms with Crippen LogP contribution in [0.1, 0.15) is 57.7 Å². The van der Waals surface area contributed by atoms with E-state index in [2.05, 4.69) is 95.8 Å². The van der Waals surface area contributed by atoms with E-state index in [0.717, 1.165) is 0 Å². The van der Waals surface area contributed by atoms with E-state index in [9.17, 15) is 0 Å². The predicted octanol–water partition coefficient (Wildman–Crippen LogP) is 1.74. The maximum absolute atomic E-state index is 3.55. The zero-order valence-electron chi connectivity index (χ0n) is 19.5. The van der Waals surface area contributed by atoms with Crippen LogP contribution in [0.25, 0.3) is 11.1 Å². The third-order valence-electron chi connectivity index (χ3n) is 7.49. The molecule has 1 unspecified atom stereocenters. The van der Waals surface area contributed by atoms with Crippen LogP contribution in [0.2, 0.25) is 18.6 Å². The molecule has 1 atom stereocenters. The van der Waals surface area contributed by atoms with E-state index in [1.807, 2.05) is 0 Å². The molecular formula is C27H32Cl2SiZr. The second kappa shape index (κ2) is 10.7. The summed E-state index contributed by atoms with van der Waals surface area (Å²) in [6.45, 7) is 13.5. The zero-order valence-corrected chi connectivity index (χ0v) is 24.5. The van der Waals surface area contributed by atoms with Crippen molar-refractivity contribution in [3.8, 4) is 11.1 Å². The molecule has 1 aliphatic heterocycles. The SMILES string of the molecule is CC1=[C-]C(C)(C)C(C)=C1C.C[Si]1(C2c3[c-]cccc3-c3ccccc32)CCC1.[Cl-].[Cl-].[Zr+4]. The first kappa shape index (κ1) is 28.6. The van der Waals surface area contributed by atoms with Gasteiger partial charge < -0.3 is 24.8 Å². The van der Waals surface area contributed by atoms with Gasteiger partial charge in [-0.25, -0.2) is 5.57 Å². The normalized spacial score (nSPS) is 21.0. The van der Waals surface area contributed by atoms with Gasteiger partial charge in [-0.3, -0.25) is 6.08 Å². The van der Waals surface area contributed by atoms with Crippen molar-refractivity contribution < 1.29 is 51.0 Å². The van der Waals surface area contributed by atoms with Gasteiger partial charge in [-0.15, -0.1) is 18.1 Å². The van der Waals surface area contributed by atoms with Gasteiger partial charge in [0.2, 0.25) is 0 Å². The number of benzene rings is 2. The fraction of sp³-hybridized carbons (Fsp3) is 0.407. The third kappa shape index (κ3) is 5.08. The minimum Gasteiger partial charge on any atom is -1.00 e. The fourth-order valence-corrected chi connectivity index (χ4v) is 9.21. The summed E-state index contributed by atoms with van der Waals surface area (Å²) >= 11 is 0. The van der Waals surface area contributed by atoms with Crippen LogP contribution in [0.5, 0.6) is 0 Å². The number of rotatable bonds is 1. The van der Waals surface area contributed by atoms with E-state index in [-0.39, 0.29) is 56.4 Å². The Morgan fingerprint density at radius 3 is 2.03 bits per heavy atom. The molecule has 162 valence electrons. The van der Waals surface area contributed by atoms with Crippen molar-refractivity contribution in [3.05, 3.63) is 82.5 Å². The van der Waals surface area contributed by atoms with E-state index in [4.69, 9.17) is 0 Å². The number of hydrogen-bond donors (Lipinski definition) is 0. The average Bonchev–Trinajstić information content (AvgIpc) is 3.08. The fourth-order valence-electron chi connectivity index (χ4n) is 5.23. The maximum Gasteiger partial charge on any atom is 4.00 e. The van der Waals surface area contributed by atoms with Gasteiger partial charge in [0.15, 0.2) is 0 Å². The molecule has 5 rings (SSSR count). The minimum absolute atomic E-state index is 0. The summed E-state index contributed by atoms with van der Waals surface area (Å²) in [4.78, 5) is 0. The Labute approximate surface area is 222 Å². The van der Waals surface area contributed by atoms with Crippen LogP contribution in [0.4, 0.5) is 0 Å². The summed E-state index contributed by atoms with van der Waals surface area (Å²) in [7, 11) is -1.10. The number of allylic oxidation sites excluding steroid dienone is 4. The van der Waals surface area contributed by atoms with Gasteiger partial charge >= 0.3 is 26.2 Å². The first-order chi connectivity index (χ1) is 13.2. The maximum atomic E-state index is 3.55. The molecule has 0 N–H and O–H groups in total. The van der Waals surface area contributed by atoms with E-state index in [1.165, 1.54) is 51.9 Å². The molecule has 1 fully saturated rings. The van der Waals surface area contributed by atoms with E-state index >= 15 is 0 Å². The molecule has 2 aliphatic carbocycles. The van der Waals surface area contributed by atoms with Crippen molar-refractivity contribution in [1.82, 2.24) is 0 Å². The molecule has 2 aromatic carbocycles. The van der Waals surface area contributed by atoms with E-state index in [0.29, 0.717) is 5.54 Å². The molecule has 0 nitrogen and oxygen atoms in total. The van der Waals surface area contributed by atoms with Crippen molar-refractivity contribution in [3.63, 3.8) is 0 Å². The van der Waals surface area contributed by atoms with Crippen LogP contribution < -0.4 is 24.8 Å². The first-order valence-corrected chi connectivity index (χ1v) is 13.6. The zero-order chi connectivity index (χ0) is 20.1. The van der Waals surface area contributed by atoms with Crippen LogP contribution in [-0.2, 0) is 26.2 Å². The van der Waals surface area contributed by atoms with E-state index < -0.39 is 8.07 Å². The van der Waals surface area contributed by atoms with Gasteiger partial charge in [0.05, 0.1) is 8.07 Å². The molecule has 1 heterocycles. The molecule has 0 bridgehead atoms. The van der Waals surface area contributed by atoms with Crippen LogP contribution in [0, 0.1) is 17.6 Å². The van der Waals surface area contributed by atoms with Crippen LogP contribution in [0.15, 0.2) is 59.2 Å². The molecule has 4 heteroatoms. The van der Waals surface area contributed by atoms with Gasteiger partial charge in [0.25, 0.3) is 0 Å². The molecule has 1 saturated heterocycles. The topological polar surface area (TPSA) is 0 Å². The molecule has 2 aromatic rings. The van der Waals surface area contributed by atoms with Crippen LogP contribution in [-0.4, -0.2) is 8.07 Å². The Morgan fingerprint density at radius 2 is 1.55 bits per heavy atom. The number of hydrogen-bond acceptors (Lipinski definition) is 0. The first-order valence-electron chi connectivity index (χ1n) is 10.6. The van der Waals surface area contributed by atoms with Crippen molar-refractivity contribution in [2.24, 2.45) is 5.41 Å². The Hall–Kier alpha value is -0.400. The van der Waals surface area contributed by atoms with Crippen molar-refractivity contribution in [2.45, 2.75) is 65.2 Å². The van der Waals surface area contributed by atoms with Crippen LogP contribution in [0.3, 0.4) is 0 Å². The standard InChI is InChI=1S/C17H17Si.C10H15.2ClH.Zr/c1-18(11-6-12-18)17-15-9-4-2-7-13(15)14-8-3-5-10-16(14)17;1-7-6-10(4,5)9(3)8(7)2;;;/h2-5,7-9,17H,6,11-12H2,1H3;1-5H3;2*1H;/q2*-1;;;+4/p-2. The second-order valence-electron chi connectivity index (χ2n) is 9.65. The predicted molar refractivity (Wildman–Crippen MR) is 123 cm³/mol. The molecular weight excluding hydrogens is 515 g/mol. The van der Waals surface area contributed by atoms with Gasteiger partial charge in [0.1, 0.15) is 0 Å². The molecule has 3 aliphatic rings. The molecule has 0 radical (unpaired) electrons. The van der Waals surface area contributed by atoms with Crippen molar-refractivity contribution >= 4 is 8.07 Å². The summed E-state index contributed by atoms with van der Waals surface area (Å²) in [5.41, 5.74) is 11.1. The van der Waals surface area contributed by atoms with E-state index in [1.54, 1.807) is 5.56 Å². The molecule has 0 saturated carbocycles. The molecule has 0 amide bonds. The second-order valence-corrected chi connectivity index (χ2v) is 14.5. The summed E-state index contributed by atoms with van der Waals surface area (Å²) in [6.07, 6.45) is 4.88. The van der Waals surface area contributed by atoms with Crippen molar-refractivity contribution in [2.75, 3.05) is 0 Å². The summed E-state index contributed by atoms with van der Waals surface area (Å²) < 4.78 is 0. The molecule has 0 spiro atoms. The van der Waals surface area contributed by atoms with Crippen LogP contribution >= 0.6 is 0 Å². The van der Waals surface area contributed by atoms with Gasteiger partial charge in [-0.1, -0.05) is 88.0 Å². The monoisotopic (exact) mass is 544 g/mol. The van der Waals surface area contributed by atoms with Gasteiger partial charge in [0, 0.05) is 0 Å². The Bertz CT molecular complexity index is 941. The Kier molecular flexibility index (Phi) is 9.87. The summed E-state index contributed by atoms with van der Waals surface area (Å²) in [6, 6.07) is 22.1. The largest absolute Gasteiger partial charge is 4.00 e. The Balaban J connectivity index is 0.000000324. The molecule has 0 aromatic heterocycles. The average molecular weight is 547 g/mol. The van der Waals surface area contributed by atoms with Crippen molar-refractivity contribution in [1.29, 1.82) is 0 Å². The van der Waals surface area contributed by atoms with Gasteiger partial charge in [-0.2, -0.15) is 35.4 Å². The number of fused-ring (bicyclic) bond motifs is 3. The summed E-state index contributed by atoms with van der Waals surface area (Å²) in [5.74, 6) is 0. The Morgan fingerprint density at radius 1 is 0.935 bits per heavy atom. The quantitative estimate of drug-likeness (QED) is 0.378. The minimum atomic E-state index is -1.10. The van der Waals surface area contributed by atoms with Gasteiger partial charge in [-0.05, 0) is 11.1 Å².